The van der Waals surface area contributed by atoms with Crippen molar-refractivity contribution in [1.29, 1.82) is 0 Å². The summed E-state index contributed by atoms with van der Waals surface area (Å²) in [5, 5.41) is 18.3. The van der Waals surface area contributed by atoms with Crippen LogP contribution in [-0.4, -0.2) is 27.8 Å². The minimum Gasteiger partial charge on any atom is -0.395 e. The van der Waals surface area contributed by atoms with Crippen LogP contribution in [0.3, 0.4) is 0 Å². The van der Waals surface area contributed by atoms with E-state index in [9.17, 15) is 4.79 Å². The lowest BCUT2D eigenvalue weighted by atomic mass is 10.2. The number of thiophene rings is 1. The molecular weight excluding hydrogens is 286 g/mol. The summed E-state index contributed by atoms with van der Waals surface area (Å²) in [4.78, 5) is 13.7. The van der Waals surface area contributed by atoms with Crippen LogP contribution in [0.25, 0.3) is 0 Å². The monoisotopic (exact) mass is 303 g/mol. The van der Waals surface area contributed by atoms with Gasteiger partial charge in [0.1, 0.15) is 0 Å². The Hall–Kier alpha value is -2.10. The van der Waals surface area contributed by atoms with Gasteiger partial charge in [0.2, 0.25) is 0 Å². The first-order valence-corrected chi connectivity index (χ1v) is 7.43. The highest BCUT2D eigenvalue weighted by Gasteiger charge is 2.15. The Bertz CT molecular complexity index is 665. The Morgan fingerprint density at radius 1 is 1.62 bits per heavy atom. The van der Waals surface area contributed by atoms with Gasteiger partial charge in [-0.05, 0) is 25.5 Å². The van der Waals surface area contributed by atoms with Gasteiger partial charge in [0.05, 0.1) is 28.6 Å². The van der Waals surface area contributed by atoms with Gasteiger partial charge < -0.3 is 10.4 Å². The highest BCUT2D eigenvalue weighted by molar-refractivity contribution is 7.14. The van der Waals surface area contributed by atoms with E-state index >= 15 is 0 Å². The van der Waals surface area contributed by atoms with Crippen molar-refractivity contribution in [2.75, 3.05) is 6.61 Å². The van der Waals surface area contributed by atoms with Crippen LogP contribution in [0.15, 0.2) is 18.5 Å². The van der Waals surface area contributed by atoms with E-state index in [1.165, 1.54) is 11.3 Å². The quantitative estimate of drug-likeness (QED) is 0.756. The van der Waals surface area contributed by atoms with Crippen LogP contribution in [0.2, 0.25) is 0 Å². The molecule has 2 heterocycles. The number of hydrogen-bond donors (Lipinski definition) is 3. The highest BCUT2D eigenvalue weighted by Crippen LogP contribution is 2.22. The van der Waals surface area contributed by atoms with E-state index in [0.29, 0.717) is 11.3 Å². The van der Waals surface area contributed by atoms with Crippen molar-refractivity contribution >= 4 is 17.2 Å². The van der Waals surface area contributed by atoms with Gasteiger partial charge >= 0.3 is 0 Å². The number of carbonyl (C=O) groups is 1. The summed E-state index contributed by atoms with van der Waals surface area (Å²) in [7, 11) is 0. The summed E-state index contributed by atoms with van der Waals surface area (Å²) in [5.74, 6) is 5.74. The molecule has 1 amide bonds. The zero-order valence-electron chi connectivity index (χ0n) is 11.9. The second-order valence-corrected chi connectivity index (χ2v) is 5.68. The molecule has 2 aromatic rings. The highest BCUT2D eigenvalue weighted by atomic mass is 32.1. The van der Waals surface area contributed by atoms with Gasteiger partial charge in [0, 0.05) is 18.2 Å². The lowest BCUT2D eigenvalue weighted by Crippen LogP contribution is -2.25. The van der Waals surface area contributed by atoms with E-state index in [-0.39, 0.29) is 18.6 Å². The van der Waals surface area contributed by atoms with Crippen LogP contribution in [0.4, 0.5) is 0 Å². The molecule has 1 unspecified atom stereocenters. The molecule has 0 spiro atoms. The van der Waals surface area contributed by atoms with Crippen molar-refractivity contribution < 1.29 is 9.90 Å². The summed E-state index contributed by atoms with van der Waals surface area (Å²) >= 11 is 1.37. The normalized spacial score (nSPS) is 11.6. The molecule has 0 aliphatic heterocycles. The minimum absolute atomic E-state index is 0.0486. The predicted octanol–water partition coefficient (Wildman–Crippen LogP) is 2.00. The maximum Gasteiger partial charge on any atom is 0.261 e. The molecule has 0 aliphatic carbocycles. The Balaban J connectivity index is 2.06. The number of aryl methyl sites for hydroxylation is 1. The fourth-order valence-corrected chi connectivity index (χ4v) is 2.72. The molecule has 2 rings (SSSR count). The third-order valence-electron chi connectivity index (χ3n) is 2.95. The standard InChI is InChI=1S/C15H17N3O2S/c1-10-7-14(21-13(10)5-3-4-6-19)15(20)18-11(2)12-8-16-17-9-12/h7-9,11,19H,4,6H2,1-2H3,(H,16,17)(H,18,20). The number of aliphatic hydroxyl groups excluding tert-OH is 1. The third kappa shape index (κ3) is 3.94. The predicted molar refractivity (Wildman–Crippen MR) is 82.1 cm³/mol. The van der Waals surface area contributed by atoms with Gasteiger partial charge in [0.25, 0.3) is 5.91 Å². The summed E-state index contributed by atoms with van der Waals surface area (Å²) in [6.07, 6.45) is 3.89. The second-order valence-electron chi connectivity index (χ2n) is 4.62. The van der Waals surface area contributed by atoms with Crippen molar-refractivity contribution in [1.82, 2.24) is 15.5 Å². The molecule has 0 saturated heterocycles. The number of hydrogen-bond acceptors (Lipinski definition) is 4. The molecule has 6 heteroatoms. The van der Waals surface area contributed by atoms with E-state index in [2.05, 4.69) is 27.4 Å². The number of rotatable bonds is 4. The van der Waals surface area contributed by atoms with E-state index in [4.69, 9.17) is 5.11 Å². The number of aromatic nitrogens is 2. The first-order chi connectivity index (χ1) is 10.1. The van der Waals surface area contributed by atoms with Gasteiger partial charge in [0.15, 0.2) is 0 Å². The Labute approximate surface area is 127 Å². The third-order valence-corrected chi connectivity index (χ3v) is 4.10. The zero-order chi connectivity index (χ0) is 15.2. The number of aliphatic hydroxyl groups is 1. The van der Waals surface area contributed by atoms with Crippen molar-refractivity contribution in [3.63, 3.8) is 0 Å². The van der Waals surface area contributed by atoms with E-state index in [1.54, 1.807) is 12.4 Å². The molecule has 110 valence electrons. The Kier molecular flexibility index (Phi) is 5.14. The largest absolute Gasteiger partial charge is 0.395 e. The Morgan fingerprint density at radius 2 is 2.43 bits per heavy atom. The maximum atomic E-state index is 12.2. The average molecular weight is 303 g/mol. The van der Waals surface area contributed by atoms with Gasteiger partial charge in [-0.15, -0.1) is 11.3 Å². The van der Waals surface area contributed by atoms with Gasteiger partial charge in [-0.2, -0.15) is 5.10 Å². The molecule has 5 nitrogen and oxygen atoms in total. The molecule has 0 radical (unpaired) electrons. The molecule has 2 aromatic heterocycles. The van der Waals surface area contributed by atoms with Crippen molar-refractivity contribution in [3.8, 4) is 11.8 Å². The lowest BCUT2D eigenvalue weighted by molar-refractivity contribution is 0.0944. The van der Waals surface area contributed by atoms with Gasteiger partial charge in [-0.3, -0.25) is 9.89 Å². The molecule has 1 atom stereocenters. The topological polar surface area (TPSA) is 78.0 Å². The zero-order valence-corrected chi connectivity index (χ0v) is 12.8. The molecule has 0 aromatic carbocycles. The second kappa shape index (κ2) is 7.07. The SMILES string of the molecule is Cc1cc(C(=O)NC(C)c2cn[nH]c2)sc1C#CCCO. The van der Waals surface area contributed by atoms with E-state index in [1.807, 2.05) is 19.9 Å². The smallest absolute Gasteiger partial charge is 0.261 e. The number of nitrogens with one attached hydrogen (secondary N) is 2. The fourth-order valence-electron chi connectivity index (χ4n) is 1.77. The van der Waals surface area contributed by atoms with Crippen LogP contribution in [0.5, 0.6) is 0 Å². The first-order valence-electron chi connectivity index (χ1n) is 6.61. The number of H-pyrrole nitrogens is 1. The average Bonchev–Trinajstić information content (AvgIpc) is 3.09. The molecule has 0 aliphatic rings. The molecule has 0 fully saturated rings. The lowest BCUT2D eigenvalue weighted by Gasteiger charge is -2.10. The molecule has 0 bridgehead atoms. The molecule has 3 N–H and O–H groups in total. The summed E-state index contributed by atoms with van der Waals surface area (Å²) < 4.78 is 0. The fraction of sp³-hybridized carbons (Fsp3) is 0.333. The van der Waals surface area contributed by atoms with E-state index < -0.39 is 0 Å². The van der Waals surface area contributed by atoms with Crippen LogP contribution in [0, 0.1) is 18.8 Å². The summed E-state index contributed by atoms with van der Waals surface area (Å²) in [6, 6.07) is 1.73. The van der Waals surface area contributed by atoms with Crippen LogP contribution < -0.4 is 5.32 Å². The van der Waals surface area contributed by atoms with Gasteiger partial charge in [-0.1, -0.05) is 11.8 Å². The first kappa shape index (κ1) is 15.3. The van der Waals surface area contributed by atoms with E-state index in [0.717, 1.165) is 16.0 Å². The van der Waals surface area contributed by atoms with Gasteiger partial charge in [-0.25, -0.2) is 0 Å². The van der Waals surface area contributed by atoms with Crippen molar-refractivity contribution in [2.24, 2.45) is 0 Å². The molecular formula is C15H17N3O2S. The molecule has 0 saturated carbocycles. The van der Waals surface area contributed by atoms with Crippen LogP contribution in [-0.2, 0) is 0 Å². The van der Waals surface area contributed by atoms with Crippen LogP contribution >= 0.6 is 11.3 Å². The summed E-state index contributed by atoms with van der Waals surface area (Å²) in [6.45, 7) is 3.88. The van der Waals surface area contributed by atoms with Crippen molar-refractivity contribution in [3.05, 3.63) is 39.3 Å². The summed E-state index contributed by atoms with van der Waals surface area (Å²) in [5.41, 5.74) is 1.91. The number of aromatic amines is 1. The van der Waals surface area contributed by atoms with Crippen LogP contribution in [0.1, 0.15) is 45.1 Å². The number of amides is 1. The minimum atomic E-state index is -0.119. The van der Waals surface area contributed by atoms with Crippen molar-refractivity contribution in [2.45, 2.75) is 26.3 Å². The molecule has 21 heavy (non-hydrogen) atoms. The number of carbonyl (C=O) groups excluding carboxylic acids is 1. The maximum absolute atomic E-state index is 12.2. The number of nitrogens with zero attached hydrogens (tertiary/aromatic N) is 1. The Morgan fingerprint density at radius 3 is 3.10 bits per heavy atom.